The molecule has 12 aromatic carbocycles. The summed E-state index contributed by atoms with van der Waals surface area (Å²) in [4.78, 5) is 5.15. The average molecular weight is 953 g/mol. The van der Waals surface area contributed by atoms with E-state index in [-0.39, 0.29) is 11.8 Å². The Balaban J connectivity index is 1.22. The molecule has 0 amide bonds. The minimum Gasteiger partial charge on any atom is -0.309 e. The maximum atomic E-state index is 2.58. The number of hydrogen-bond donors (Lipinski definition) is 0. The summed E-state index contributed by atoms with van der Waals surface area (Å²) < 4.78 is 0. The highest BCUT2D eigenvalue weighted by Crippen LogP contribution is 2.54. The monoisotopic (exact) mass is 952 g/mol. The van der Waals surface area contributed by atoms with Gasteiger partial charge in [-0.1, -0.05) is 234 Å². The molecule has 0 N–H and O–H groups in total. The van der Waals surface area contributed by atoms with Gasteiger partial charge in [0.05, 0.1) is 22.7 Å². The summed E-state index contributed by atoms with van der Waals surface area (Å²) in [5.41, 5.74) is 21.6. The van der Waals surface area contributed by atoms with Crippen LogP contribution < -0.4 is 9.80 Å². The Morgan fingerprint density at radius 1 is 0.284 bits per heavy atom. The molecule has 0 fully saturated rings. The Kier molecular flexibility index (Phi) is 12.1. The van der Waals surface area contributed by atoms with Crippen molar-refractivity contribution in [3.63, 3.8) is 0 Å². The molecule has 12 aromatic rings. The Hall–Kier alpha value is -8.72. The van der Waals surface area contributed by atoms with E-state index in [2.05, 4.69) is 294 Å². The lowest BCUT2D eigenvalue weighted by Gasteiger charge is -2.34. The van der Waals surface area contributed by atoms with E-state index < -0.39 is 0 Å². The van der Waals surface area contributed by atoms with Crippen LogP contribution in [0.15, 0.2) is 243 Å². The van der Waals surface area contributed by atoms with Crippen molar-refractivity contribution in [3.8, 4) is 44.5 Å². The van der Waals surface area contributed by atoms with E-state index in [1.165, 1.54) is 122 Å². The van der Waals surface area contributed by atoms with Crippen LogP contribution in [-0.4, -0.2) is 0 Å². The smallest absolute Gasteiger partial charge is 0.0575 e. The lowest BCUT2D eigenvalue weighted by Crippen LogP contribution is -2.15. The topological polar surface area (TPSA) is 6.48 Å². The Labute approximate surface area is 436 Å². The van der Waals surface area contributed by atoms with Gasteiger partial charge in [0.15, 0.2) is 0 Å². The lowest BCUT2D eigenvalue weighted by atomic mass is 9.83. The molecule has 0 aliphatic rings. The van der Waals surface area contributed by atoms with Crippen LogP contribution in [0.5, 0.6) is 0 Å². The molecule has 0 aliphatic heterocycles. The number of para-hydroxylation sites is 2. The van der Waals surface area contributed by atoms with Gasteiger partial charge in [0, 0.05) is 33.3 Å². The summed E-state index contributed by atoms with van der Waals surface area (Å²) in [6, 6.07) is 89.7. The predicted octanol–water partition coefficient (Wildman–Crippen LogP) is 21.1. The minimum atomic E-state index is 0.239. The van der Waals surface area contributed by atoms with E-state index >= 15 is 0 Å². The second-order valence-electron chi connectivity index (χ2n) is 20.4. The molecule has 74 heavy (non-hydrogen) atoms. The van der Waals surface area contributed by atoms with Gasteiger partial charge in [-0.15, -0.1) is 0 Å². The maximum absolute atomic E-state index is 2.58. The molecule has 0 saturated carbocycles. The molecule has 0 heterocycles. The molecule has 0 spiro atoms. The van der Waals surface area contributed by atoms with Crippen LogP contribution in [0, 0.1) is 13.8 Å². The summed E-state index contributed by atoms with van der Waals surface area (Å²) in [5, 5.41) is 7.65. The van der Waals surface area contributed by atoms with Gasteiger partial charge < -0.3 is 9.80 Å². The van der Waals surface area contributed by atoms with Crippen LogP contribution in [0.2, 0.25) is 0 Å². The van der Waals surface area contributed by atoms with E-state index in [1.807, 2.05) is 0 Å². The summed E-state index contributed by atoms with van der Waals surface area (Å²) in [6.45, 7) is 14.1. The summed E-state index contributed by atoms with van der Waals surface area (Å²) >= 11 is 0. The molecule has 0 aromatic heterocycles. The predicted molar refractivity (Wildman–Crippen MR) is 319 cm³/mol. The summed E-state index contributed by atoms with van der Waals surface area (Å²) in [6.07, 6.45) is 0. The van der Waals surface area contributed by atoms with E-state index in [1.54, 1.807) is 0 Å². The fourth-order valence-electron chi connectivity index (χ4n) is 11.8. The third-order valence-electron chi connectivity index (χ3n) is 15.3. The number of rotatable bonds is 12. The Morgan fingerprint density at radius 2 is 0.554 bits per heavy atom. The first-order valence-corrected chi connectivity index (χ1v) is 26.2. The molecule has 2 nitrogen and oxygen atoms in total. The van der Waals surface area contributed by atoms with Crippen molar-refractivity contribution in [2.24, 2.45) is 0 Å². The quantitative estimate of drug-likeness (QED) is 0.113. The molecule has 12 rings (SSSR count). The van der Waals surface area contributed by atoms with Gasteiger partial charge in [0.1, 0.15) is 0 Å². The molecule has 0 bridgehead atoms. The average Bonchev–Trinajstić information content (AvgIpc) is 3.45. The highest BCUT2D eigenvalue weighted by atomic mass is 15.2. The molecule has 0 saturated heterocycles. The third-order valence-corrected chi connectivity index (χ3v) is 15.3. The van der Waals surface area contributed by atoms with Crippen LogP contribution in [0.1, 0.15) is 61.8 Å². The zero-order valence-electron chi connectivity index (χ0n) is 43.1. The van der Waals surface area contributed by atoms with Gasteiger partial charge in [-0.2, -0.15) is 0 Å². The second-order valence-corrected chi connectivity index (χ2v) is 20.4. The van der Waals surface area contributed by atoms with Gasteiger partial charge in [0.2, 0.25) is 0 Å². The SMILES string of the molecule is Cc1c(-c2ccccc2)ccc(-c2ccccc2)c1N(c1ccccc1)c1cc(C(C)C)c2ccc3c(N(c4ccccc4)c4c(-c5ccccc5)ccc(-c5ccccc5)c4C)cc(C(C)C)c4ccc1c2c43. The van der Waals surface area contributed by atoms with Crippen molar-refractivity contribution >= 4 is 66.4 Å². The van der Waals surface area contributed by atoms with E-state index in [9.17, 15) is 0 Å². The van der Waals surface area contributed by atoms with Gasteiger partial charge in [-0.25, -0.2) is 0 Å². The van der Waals surface area contributed by atoms with Crippen molar-refractivity contribution in [3.05, 3.63) is 265 Å². The van der Waals surface area contributed by atoms with E-state index in [0.717, 1.165) is 11.4 Å². The summed E-state index contributed by atoms with van der Waals surface area (Å²) in [7, 11) is 0. The highest BCUT2D eigenvalue weighted by molar-refractivity contribution is 6.30. The zero-order chi connectivity index (χ0) is 50.5. The molecular weight excluding hydrogens is 893 g/mol. The van der Waals surface area contributed by atoms with E-state index in [4.69, 9.17) is 0 Å². The first-order chi connectivity index (χ1) is 36.3. The Bertz CT molecular complexity index is 3680. The number of benzene rings is 12. The number of nitrogens with zero attached hydrogens (tertiary/aromatic N) is 2. The van der Waals surface area contributed by atoms with Crippen molar-refractivity contribution in [2.45, 2.75) is 53.4 Å². The van der Waals surface area contributed by atoms with Crippen LogP contribution in [0.3, 0.4) is 0 Å². The standard InChI is InChI=1S/C72H60N2/c1-47(2)65-45-67(73(55-33-21-11-22-34-55)71-49(5)57(51-25-13-7-14-26-51)37-39-59(71)53-29-17-9-18-30-53)63-44-42-62-66(48(3)4)46-68(64-43-41-61(65)69(63)70(62)64)74(56-35-23-12-24-36-56)72-50(6)58(52-27-15-8-16-28-52)38-40-60(72)54-31-19-10-20-32-54/h7-48H,1-6H3. The lowest BCUT2D eigenvalue weighted by molar-refractivity contribution is 0.875. The minimum absolute atomic E-state index is 0.239. The molecule has 0 atom stereocenters. The van der Waals surface area contributed by atoms with Crippen molar-refractivity contribution < 1.29 is 0 Å². The van der Waals surface area contributed by atoms with Crippen LogP contribution >= 0.6 is 0 Å². The zero-order valence-corrected chi connectivity index (χ0v) is 43.1. The van der Waals surface area contributed by atoms with Crippen molar-refractivity contribution in [1.29, 1.82) is 0 Å². The Morgan fingerprint density at radius 3 is 0.865 bits per heavy atom. The van der Waals surface area contributed by atoms with Crippen LogP contribution in [0.4, 0.5) is 34.1 Å². The van der Waals surface area contributed by atoms with Gasteiger partial charge in [-0.3, -0.25) is 0 Å². The van der Waals surface area contributed by atoms with Gasteiger partial charge in [-0.05, 0) is 139 Å². The van der Waals surface area contributed by atoms with Crippen LogP contribution in [-0.2, 0) is 0 Å². The third kappa shape index (κ3) is 7.99. The van der Waals surface area contributed by atoms with Crippen molar-refractivity contribution in [1.82, 2.24) is 0 Å². The molecule has 2 heteroatoms. The molecule has 0 unspecified atom stereocenters. The molecule has 0 radical (unpaired) electrons. The molecular formula is C72H60N2. The fraction of sp³-hybridized carbons (Fsp3) is 0.111. The number of anilines is 6. The van der Waals surface area contributed by atoms with Gasteiger partial charge >= 0.3 is 0 Å². The molecule has 358 valence electrons. The second kappa shape index (κ2) is 19.4. The first-order valence-electron chi connectivity index (χ1n) is 26.2. The molecule has 0 aliphatic carbocycles. The fourth-order valence-corrected chi connectivity index (χ4v) is 11.8. The highest BCUT2D eigenvalue weighted by Gasteiger charge is 2.30. The van der Waals surface area contributed by atoms with Crippen LogP contribution in [0.25, 0.3) is 76.8 Å². The summed E-state index contributed by atoms with van der Waals surface area (Å²) in [5.74, 6) is 0.478. The first kappa shape index (κ1) is 46.4. The van der Waals surface area contributed by atoms with Gasteiger partial charge in [0.25, 0.3) is 0 Å². The largest absolute Gasteiger partial charge is 0.309 e. The maximum Gasteiger partial charge on any atom is 0.0575 e. The van der Waals surface area contributed by atoms with E-state index in [0.29, 0.717) is 0 Å². The normalized spacial score (nSPS) is 11.6. The number of hydrogen-bond acceptors (Lipinski definition) is 2. The van der Waals surface area contributed by atoms with Crippen molar-refractivity contribution in [2.75, 3.05) is 9.80 Å².